The first kappa shape index (κ1) is 14.6. The lowest BCUT2D eigenvalue weighted by atomic mass is 9.96. The third kappa shape index (κ3) is 2.53. The summed E-state index contributed by atoms with van der Waals surface area (Å²) in [4.78, 5) is 26.4. The van der Waals surface area contributed by atoms with E-state index in [2.05, 4.69) is 20.9 Å². The molecular formula is C12H14BrNO4. The normalized spacial score (nSPS) is 10.4. The average molecular weight is 316 g/mol. The minimum Gasteiger partial charge on any atom is -0.478 e. The maximum atomic E-state index is 11.3. The molecule has 98 valence electrons. The summed E-state index contributed by atoms with van der Waals surface area (Å²) in [6.07, 6.45) is 1.02. The highest BCUT2D eigenvalue weighted by atomic mass is 79.9. The molecule has 0 aliphatic heterocycles. The van der Waals surface area contributed by atoms with Crippen LogP contribution >= 0.6 is 15.9 Å². The number of hydrogen-bond donors (Lipinski definition) is 2. The number of halogens is 1. The van der Waals surface area contributed by atoms with Gasteiger partial charge in [-0.1, -0.05) is 29.8 Å². The lowest BCUT2D eigenvalue weighted by Gasteiger charge is -2.15. The molecule has 0 bridgehead atoms. The topological polar surface area (TPSA) is 87.5 Å². The van der Waals surface area contributed by atoms with E-state index in [-0.39, 0.29) is 11.3 Å². The number of hydrogen-bond acceptors (Lipinski definition) is 3. The summed E-state index contributed by atoms with van der Waals surface area (Å²) in [6, 6.07) is 0. The first-order chi connectivity index (χ1) is 8.47. The van der Waals surface area contributed by atoms with E-state index in [1.165, 1.54) is 0 Å². The summed E-state index contributed by atoms with van der Waals surface area (Å²) < 4.78 is 0. The van der Waals surface area contributed by atoms with Gasteiger partial charge in [-0.3, -0.25) is 0 Å². The monoisotopic (exact) mass is 315 g/mol. The average Bonchev–Trinajstić information content (AvgIpc) is 2.35. The van der Waals surface area contributed by atoms with Gasteiger partial charge < -0.3 is 10.2 Å². The van der Waals surface area contributed by atoms with Gasteiger partial charge in [-0.25, -0.2) is 14.6 Å². The van der Waals surface area contributed by atoms with Crippen LogP contribution in [-0.4, -0.2) is 27.1 Å². The first-order valence-corrected chi connectivity index (χ1v) is 6.67. The van der Waals surface area contributed by atoms with Crippen molar-refractivity contribution in [2.75, 3.05) is 0 Å². The SMILES string of the molecule is CCc1nc(C(=O)O)c(C(=O)O)c(CC)c1CBr. The van der Waals surface area contributed by atoms with Gasteiger partial charge in [0.2, 0.25) is 0 Å². The van der Waals surface area contributed by atoms with Crippen molar-refractivity contribution >= 4 is 27.9 Å². The lowest BCUT2D eigenvalue weighted by molar-refractivity contribution is 0.0645. The van der Waals surface area contributed by atoms with Crippen molar-refractivity contribution in [3.8, 4) is 0 Å². The maximum Gasteiger partial charge on any atom is 0.355 e. The highest BCUT2D eigenvalue weighted by Crippen LogP contribution is 2.24. The van der Waals surface area contributed by atoms with Crippen LogP contribution in [-0.2, 0) is 18.2 Å². The molecule has 1 heterocycles. The number of rotatable bonds is 5. The van der Waals surface area contributed by atoms with E-state index in [0.29, 0.717) is 29.4 Å². The van der Waals surface area contributed by atoms with E-state index < -0.39 is 11.9 Å². The first-order valence-electron chi connectivity index (χ1n) is 5.54. The molecule has 0 fully saturated rings. The van der Waals surface area contributed by atoms with Crippen molar-refractivity contribution in [1.82, 2.24) is 4.98 Å². The summed E-state index contributed by atoms with van der Waals surface area (Å²) in [5, 5.41) is 18.7. The molecule has 0 amide bonds. The Kier molecular flexibility index (Phi) is 4.84. The molecule has 0 spiro atoms. The van der Waals surface area contributed by atoms with Crippen molar-refractivity contribution in [1.29, 1.82) is 0 Å². The van der Waals surface area contributed by atoms with E-state index in [1.54, 1.807) is 6.92 Å². The molecule has 1 aromatic rings. The second-order valence-corrected chi connectivity index (χ2v) is 4.25. The Morgan fingerprint density at radius 1 is 1.11 bits per heavy atom. The predicted molar refractivity (Wildman–Crippen MR) is 69.5 cm³/mol. The molecule has 5 nitrogen and oxygen atoms in total. The van der Waals surface area contributed by atoms with Gasteiger partial charge in [0, 0.05) is 11.0 Å². The third-order valence-electron chi connectivity index (χ3n) is 2.74. The highest BCUT2D eigenvalue weighted by Gasteiger charge is 2.25. The Balaban J connectivity index is 3.74. The second kappa shape index (κ2) is 5.95. The van der Waals surface area contributed by atoms with Gasteiger partial charge in [0.05, 0.1) is 5.56 Å². The van der Waals surface area contributed by atoms with E-state index in [0.717, 1.165) is 5.56 Å². The Labute approximate surface area is 113 Å². The number of nitrogens with zero attached hydrogens (tertiary/aromatic N) is 1. The van der Waals surface area contributed by atoms with Gasteiger partial charge in [0.25, 0.3) is 0 Å². The van der Waals surface area contributed by atoms with Gasteiger partial charge in [-0.05, 0) is 24.0 Å². The van der Waals surface area contributed by atoms with E-state index in [9.17, 15) is 14.7 Å². The van der Waals surface area contributed by atoms with Crippen LogP contribution in [0.4, 0.5) is 0 Å². The fourth-order valence-corrected chi connectivity index (χ4v) is 2.61. The van der Waals surface area contributed by atoms with Crippen molar-refractivity contribution in [3.63, 3.8) is 0 Å². The molecule has 0 radical (unpaired) electrons. The van der Waals surface area contributed by atoms with Crippen molar-refractivity contribution in [2.45, 2.75) is 32.0 Å². The third-order valence-corrected chi connectivity index (χ3v) is 3.30. The number of carbonyl (C=O) groups is 2. The molecular weight excluding hydrogens is 302 g/mol. The summed E-state index contributed by atoms with van der Waals surface area (Å²) in [5.41, 5.74) is 1.38. The smallest absolute Gasteiger partial charge is 0.355 e. The largest absolute Gasteiger partial charge is 0.478 e. The van der Waals surface area contributed by atoms with Crippen LogP contribution in [0.15, 0.2) is 0 Å². The zero-order chi connectivity index (χ0) is 13.9. The number of aryl methyl sites for hydroxylation is 1. The standard InChI is InChI=1S/C12H14BrNO4/c1-3-6-7(5-13)8(4-2)14-10(12(17)18)9(6)11(15)16/h3-5H2,1-2H3,(H,15,16)(H,17,18). The molecule has 0 aliphatic rings. The van der Waals surface area contributed by atoms with Crippen LogP contribution in [0.3, 0.4) is 0 Å². The van der Waals surface area contributed by atoms with Gasteiger partial charge in [0.15, 0.2) is 5.69 Å². The quantitative estimate of drug-likeness (QED) is 0.815. The molecule has 0 saturated carbocycles. The molecule has 6 heteroatoms. The van der Waals surface area contributed by atoms with Gasteiger partial charge in [0.1, 0.15) is 0 Å². The Hall–Kier alpha value is -1.43. The fourth-order valence-electron chi connectivity index (χ4n) is 1.95. The van der Waals surface area contributed by atoms with Crippen LogP contribution in [0, 0.1) is 0 Å². The summed E-state index contributed by atoms with van der Waals surface area (Å²) >= 11 is 3.31. The van der Waals surface area contributed by atoms with E-state index in [4.69, 9.17) is 5.11 Å². The van der Waals surface area contributed by atoms with Crippen LogP contribution < -0.4 is 0 Å². The lowest BCUT2D eigenvalue weighted by Crippen LogP contribution is -2.18. The van der Waals surface area contributed by atoms with Gasteiger partial charge >= 0.3 is 11.9 Å². The molecule has 0 aliphatic carbocycles. The molecule has 1 aromatic heterocycles. The predicted octanol–water partition coefficient (Wildman–Crippen LogP) is 2.50. The Bertz CT molecular complexity index is 499. The molecule has 2 N–H and O–H groups in total. The fraction of sp³-hybridized carbons (Fsp3) is 0.417. The Morgan fingerprint density at radius 2 is 1.72 bits per heavy atom. The molecule has 0 unspecified atom stereocenters. The number of alkyl halides is 1. The van der Waals surface area contributed by atoms with E-state index in [1.807, 2.05) is 6.92 Å². The van der Waals surface area contributed by atoms with Gasteiger partial charge in [-0.15, -0.1) is 0 Å². The molecule has 0 atom stereocenters. The van der Waals surface area contributed by atoms with Crippen LogP contribution in [0.5, 0.6) is 0 Å². The van der Waals surface area contributed by atoms with Crippen molar-refractivity contribution in [2.24, 2.45) is 0 Å². The molecule has 0 saturated heterocycles. The summed E-state index contributed by atoms with van der Waals surface area (Å²) in [5.74, 6) is -2.56. The zero-order valence-electron chi connectivity index (χ0n) is 10.2. The molecule has 1 rings (SSSR count). The van der Waals surface area contributed by atoms with Crippen LogP contribution in [0.2, 0.25) is 0 Å². The Morgan fingerprint density at radius 3 is 2.06 bits per heavy atom. The number of carboxylic acid groups (broad SMARTS) is 2. The maximum absolute atomic E-state index is 11.3. The summed E-state index contributed by atoms with van der Waals surface area (Å²) in [6.45, 7) is 3.67. The molecule has 0 aromatic carbocycles. The number of carboxylic acids is 2. The van der Waals surface area contributed by atoms with E-state index >= 15 is 0 Å². The van der Waals surface area contributed by atoms with Crippen LogP contribution in [0.1, 0.15) is 51.5 Å². The number of aromatic carboxylic acids is 2. The van der Waals surface area contributed by atoms with Crippen molar-refractivity contribution < 1.29 is 19.8 Å². The minimum absolute atomic E-state index is 0.198. The minimum atomic E-state index is -1.31. The highest BCUT2D eigenvalue weighted by molar-refractivity contribution is 9.08. The second-order valence-electron chi connectivity index (χ2n) is 3.69. The van der Waals surface area contributed by atoms with Crippen molar-refractivity contribution in [3.05, 3.63) is 28.1 Å². The zero-order valence-corrected chi connectivity index (χ0v) is 11.7. The summed E-state index contributed by atoms with van der Waals surface area (Å²) in [7, 11) is 0. The number of aromatic nitrogens is 1. The van der Waals surface area contributed by atoms with Gasteiger partial charge in [-0.2, -0.15) is 0 Å². The number of pyridine rings is 1. The molecule has 18 heavy (non-hydrogen) atoms. The van der Waals surface area contributed by atoms with Crippen LogP contribution in [0.25, 0.3) is 0 Å².